The third-order valence-corrected chi connectivity index (χ3v) is 4.84. The summed E-state index contributed by atoms with van der Waals surface area (Å²) in [5.41, 5.74) is 0.673. The minimum absolute atomic E-state index is 0.226. The largest absolute Gasteiger partial charge is 0.274 e. The summed E-state index contributed by atoms with van der Waals surface area (Å²) in [6.07, 6.45) is 6.69. The fourth-order valence-electron chi connectivity index (χ4n) is 2.45. The summed E-state index contributed by atoms with van der Waals surface area (Å²) in [5.74, 6) is 0. The molecular formula is C11H18ClN3O2S. The number of sulfonamides is 1. The lowest BCUT2D eigenvalue weighted by atomic mass is 10.1. The van der Waals surface area contributed by atoms with Crippen molar-refractivity contribution < 1.29 is 8.42 Å². The highest BCUT2D eigenvalue weighted by Gasteiger charge is 2.32. The molecule has 1 fully saturated rings. The Balaban J connectivity index is 2.40. The molecule has 0 saturated carbocycles. The highest BCUT2D eigenvalue weighted by molar-refractivity contribution is 7.88. The molecule has 0 N–H and O–H groups in total. The van der Waals surface area contributed by atoms with Crippen LogP contribution in [0.3, 0.4) is 0 Å². The molecule has 0 aliphatic carbocycles. The molecule has 1 aliphatic heterocycles. The van der Waals surface area contributed by atoms with Crippen LogP contribution in [0.25, 0.3) is 0 Å². The number of aromatic nitrogens is 2. The van der Waals surface area contributed by atoms with Crippen molar-refractivity contribution in [2.45, 2.75) is 31.7 Å². The van der Waals surface area contributed by atoms with E-state index in [1.807, 2.05) is 0 Å². The van der Waals surface area contributed by atoms with Gasteiger partial charge in [0.1, 0.15) is 0 Å². The van der Waals surface area contributed by atoms with E-state index in [4.69, 9.17) is 11.6 Å². The Labute approximate surface area is 113 Å². The third-order valence-electron chi connectivity index (χ3n) is 3.26. The zero-order valence-electron chi connectivity index (χ0n) is 10.6. The second-order valence-electron chi connectivity index (χ2n) is 4.77. The Hall–Kier alpha value is -0.590. The van der Waals surface area contributed by atoms with Gasteiger partial charge in [-0.25, -0.2) is 8.42 Å². The number of aryl methyl sites for hydroxylation is 1. The van der Waals surface area contributed by atoms with E-state index in [1.54, 1.807) is 17.9 Å². The molecule has 1 aliphatic rings. The Morgan fingerprint density at radius 2 is 2.11 bits per heavy atom. The fourth-order valence-corrected chi connectivity index (χ4v) is 3.89. The smallest absolute Gasteiger partial charge is 0.211 e. The van der Waals surface area contributed by atoms with Gasteiger partial charge in [0, 0.05) is 19.8 Å². The molecule has 0 spiro atoms. The average Bonchev–Trinajstić information content (AvgIpc) is 2.51. The molecule has 2 heterocycles. The van der Waals surface area contributed by atoms with Gasteiger partial charge in [-0.15, -0.1) is 0 Å². The van der Waals surface area contributed by atoms with Crippen LogP contribution in [0.15, 0.2) is 6.20 Å². The number of halogens is 1. The molecule has 1 saturated heterocycles. The van der Waals surface area contributed by atoms with E-state index < -0.39 is 10.0 Å². The van der Waals surface area contributed by atoms with Crippen molar-refractivity contribution in [3.8, 4) is 0 Å². The van der Waals surface area contributed by atoms with Crippen molar-refractivity contribution >= 4 is 21.6 Å². The van der Waals surface area contributed by atoms with Crippen molar-refractivity contribution in [2.24, 2.45) is 7.05 Å². The molecule has 102 valence electrons. The van der Waals surface area contributed by atoms with E-state index in [2.05, 4.69) is 5.10 Å². The predicted octanol–water partition coefficient (Wildman–Crippen LogP) is 1.95. The van der Waals surface area contributed by atoms with Gasteiger partial charge in [0.25, 0.3) is 0 Å². The molecule has 0 aromatic carbocycles. The maximum Gasteiger partial charge on any atom is 0.211 e. The SMILES string of the molecule is Cn1cc(Cl)c([C@H]2CCCCCN2S(C)(=O)=O)n1. The fraction of sp³-hybridized carbons (Fsp3) is 0.727. The molecule has 0 amide bonds. The molecule has 1 aromatic rings. The van der Waals surface area contributed by atoms with Crippen molar-refractivity contribution in [2.75, 3.05) is 12.8 Å². The zero-order valence-corrected chi connectivity index (χ0v) is 12.2. The van der Waals surface area contributed by atoms with E-state index in [0.29, 0.717) is 17.3 Å². The van der Waals surface area contributed by atoms with E-state index in [-0.39, 0.29) is 6.04 Å². The van der Waals surface area contributed by atoms with Gasteiger partial charge in [0.05, 0.1) is 23.0 Å². The molecule has 5 nitrogen and oxygen atoms in total. The second kappa shape index (κ2) is 5.19. The molecule has 1 atom stereocenters. The second-order valence-corrected chi connectivity index (χ2v) is 7.12. The first-order valence-electron chi connectivity index (χ1n) is 6.05. The Morgan fingerprint density at radius 1 is 1.39 bits per heavy atom. The molecule has 18 heavy (non-hydrogen) atoms. The number of rotatable bonds is 2. The Kier molecular flexibility index (Phi) is 3.99. The van der Waals surface area contributed by atoms with E-state index >= 15 is 0 Å². The Bertz CT molecular complexity index is 526. The summed E-state index contributed by atoms with van der Waals surface area (Å²) in [6, 6.07) is -0.226. The van der Waals surface area contributed by atoms with Crippen molar-refractivity contribution in [3.05, 3.63) is 16.9 Å². The lowest BCUT2D eigenvalue weighted by Gasteiger charge is -2.26. The lowest BCUT2D eigenvalue weighted by Crippen LogP contribution is -2.34. The first kappa shape index (κ1) is 13.8. The van der Waals surface area contributed by atoms with Gasteiger partial charge < -0.3 is 0 Å². The first-order valence-corrected chi connectivity index (χ1v) is 8.28. The number of nitrogens with zero attached hydrogens (tertiary/aromatic N) is 3. The molecule has 2 rings (SSSR count). The lowest BCUT2D eigenvalue weighted by molar-refractivity contribution is 0.324. The van der Waals surface area contributed by atoms with Crippen LogP contribution in [0.2, 0.25) is 5.02 Å². The summed E-state index contributed by atoms with van der Waals surface area (Å²) in [6.45, 7) is 0.552. The van der Waals surface area contributed by atoms with Crippen LogP contribution in [0.4, 0.5) is 0 Å². The topological polar surface area (TPSA) is 55.2 Å². The molecule has 1 aromatic heterocycles. The minimum atomic E-state index is -3.23. The monoisotopic (exact) mass is 291 g/mol. The van der Waals surface area contributed by atoms with Crippen molar-refractivity contribution in [3.63, 3.8) is 0 Å². The van der Waals surface area contributed by atoms with Crippen LogP contribution in [-0.2, 0) is 17.1 Å². The summed E-state index contributed by atoms with van der Waals surface area (Å²) < 4.78 is 26.9. The van der Waals surface area contributed by atoms with E-state index in [0.717, 1.165) is 25.7 Å². The van der Waals surface area contributed by atoms with E-state index in [9.17, 15) is 8.42 Å². The van der Waals surface area contributed by atoms with Crippen LogP contribution >= 0.6 is 11.6 Å². The molecule has 0 bridgehead atoms. The van der Waals surface area contributed by atoms with Crippen molar-refractivity contribution in [1.29, 1.82) is 0 Å². The number of hydrogen-bond donors (Lipinski definition) is 0. The van der Waals surface area contributed by atoms with Crippen molar-refractivity contribution in [1.82, 2.24) is 14.1 Å². The summed E-state index contributed by atoms with van der Waals surface area (Å²) in [5, 5.41) is 4.86. The first-order chi connectivity index (χ1) is 8.39. The van der Waals surface area contributed by atoms with Crippen LogP contribution in [0.1, 0.15) is 37.4 Å². The number of hydrogen-bond acceptors (Lipinski definition) is 3. The van der Waals surface area contributed by atoms with Crippen LogP contribution in [-0.4, -0.2) is 35.3 Å². The molecular weight excluding hydrogens is 274 g/mol. The summed E-state index contributed by atoms with van der Waals surface area (Å²) >= 11 is 6.14. The van der Waals surface area contributed by atoms with Gasteiger partial charge >= 0.3 is 0 Å². The van der Waals surface area contributed by atoms with Gasteiger partial charge in [0.2, 0.25) is 10.0 Å². The minimum Gasteiger partial charge on any atom is -0.274 e. The predicted molar refractivity (Wildman–Crippen MR) is 71.0 cm³/mol. The highest BCUT2D eigenvalue weighted by Crippen LogP contribution is 2.34. The van der Waals surface area contributed by atoms with Gasteiger partial charge in [-0.05, 0) is 12.8 Å². The third kappa shape index (κ3) is 2.87. The average molecular weight is 292 g/mol. The van der Waals surface area contributed by atoms with Gasteiger partial charge in [-0.3, -0.25) is 4.68 Å². The normalized spacial score (nSPS) is 22.9. The quantitative estimate of drug-likeness (QED) is 0.837. The summed E-state index contributed by atoms with van der Waals surface area (Å²) in [4.78, 5) is 0. The molecule has 7 heteroatoms. The molecule has 0 radical (unpaired) electrons. The highest BCUT2D eigenvalue weighted by atomic mass is 35.5. The van der Waals surface area contributed by atoms with Gasteiger partial charge in [0.15, 0.2) is 0 Å². The Morgan fingerprint density at radius 3 is 2.67 bits per heavy atom. The molecule has 0 unspecified atom stereocenters. The zero-order chi connectivity index (χ0) is 13.3. The standard InChI is InChI=1S/C11H18ClN3O2S/c1-14-8-9(12)11(13-14)10-6-4-3-5-7-15(10)18(2,16)17/h8,10H,3-7H2,1-2H3/t10-/m1/s1. The van der Waals surface area contributed by atoms with Gasteiger partial charge in [-0.1, -0.05) is 24.4 Å². The van der Waals surface area contributed by atoms with Gasteiger partial charge in [-0.2, -0.15) is 9.40 Å². The van der Waals surface area contributed by atoms with Crippen LogP contribution < -0.4 is 0 Å². The summed E-state index contributed by atoms with van der Waals surface area (Å²) in [7, 11) is -1.44. The van der Waals surface area contributed by atoms with Crippen LogP contribution in [0.5, 0.6) is 0 Å². The van der Waals surface area contributed by atoms with E-state index in [1.165, 1.54) is 10.6 Å². The maximum absolute atomic E-state index is 11.9. The van der Waals surface area contributed by atoms with Crippen LogP contribution in [0, 0.1) is 0 Å². The maximum atomic E-state index is 11.9.